The highest BCUT2D eigenvalue weighted by Gasteiger charge is 2.28. The van der Waals surface area contributed by atoms with Crippen LogP contribution < -0.4 is 20.9 Å². The van der Waals surface area contributed by atoms with Crippen molar-refractivity contribution in [3.8, 4) is 0 Å². The topological polar surface area (TPSA) is 103 Å². The molecule has 3 aromatic carbocycles. The number of likely N-dealkylation sites (N-methyl/N-ethyl adjacent to an activating group) is 2. The molecule has 38 heavy (non-hydrogen) atoms. The van der Waals surface area contributed by atoms with Crippen LogP contribution in [0.1, 0.15) is 11.1 Å². The van der Waals surface area contributed by atoms with Gasteiger partial charge < -0.3 is 25.2 Å². The number of nitrogens with zero attached hydrogens (tertiary/aromatic N) is 2. The molecule has 1 aliphatic rings. The van der Waals surface area contributed by atoms with E-state index in [2.05, 4.69) is 20.7 Å². The second-order valence-corrected chi connectivity index (χ2v) is 9.39. The van der Waals surface area contributed by atoms with Crippen LogP contribution in [0.3, 0.4) is 0 Å². The number of benzene rings is 3. The Morgan fingerprint density at radius 1 is 0.921 bits per heavy atom. The highest BCUT2D eigenvalue weighted by atomic mass is 35.5. The Hall–Kier alpha value is -4.34. The number of rotatable bonds is 7. The molecule has 0 unspecified atom stereocenters. The van der Waals surface area contributed by atoms with E-state index in [1.165, 1.54) is 7.11 Å². The monoisotopic (exact) mass is 533 g/mol. The number of hydrogen-bond acceptors (Lipinski definition) is 6. The molecule has 0 saturated carbocycles. The number of nitrogens with one attached hydrogen (secondary N) is 3. The summed E-state index contributed by atoms with van der Waals surface area (Å²) in [6.07, 6.45) is -0.579. The van der Waals surface area contributed by atoms with Crippen LogP contribution in [0.4, 0.5) is 27.5 Å². The Morgan fingerprint density at radius 2 is 1.55 bits per heavy atom. The maximum absolute atomic E-state index is 13.1. The minimum atomic E-state index is -0.579. The second-order valence-electron chi connectivity index (χ2n) is 8.95. The predicted molar refractivity (Wildman–Crippen MR) is 151 cm³/mol. The largest absolute Gasteiger partial charge is 0.453 e. The molecule has 3 N–H and O–H groups in total. The van der Waals surface area contributed by atoms with Crippen LogP contribution >= 0.6 is 11.6 Å². The van der Waals surface area contributed by atoms with Gasteiger partial charge in [-0.25, -0.2) is 4.79 Å². The van der Waals surface area contributed by atoms with Crippen molar-refractivity contribution in [1.29, 1.82) is 0 Å². The van der Waals surface area contributed by atoms with E-state index in [9.17, 15) is 14.4 Å². The molecule has 1 heterocycles. The zero-order valence-corrected chi connectivity index (χ0v) is 22.2. The van der Waals surface area contributed by atoms with Gasteiger partial charge in [0.25, 0.3) is 5.91 Å². The number of carbonyl (C=O) groups excluding carboxylic acids is 3. The molecule has 9 nitrogen and oxygen atoms in total. The Kier molecular flexibility index (Phi) is 7.99. The van der Waals surface area contributed by atoms with Crippen molar-refractivity contribution in [2.75, 3.05) is 55.6 Å². The van der Waals surface area contributed by atoms with Crippen LogP contribution in [-0.2, 0) is 14.3 Å². The predicted octanol–water partition coefficient (Wildman–Crippen LogP) is 4.98. The first-order valence-corrected chi connectivity index (χ1v) is 12.1. The standard InChI is InChI=1S/C28H28ClN5O4/c1-33(2)16-24(35)34(3)21-12-10-19(11-13-21)30-26(17-5-8-20(9-6-17)31-28(37)38-4)25-22-14-7-18(29)15-23(22)32-27(25)36/h5-15,30H,16H2,1-4H3,(H,31,37)(H,32,36). The first kappa shape index (κ1) is 26.7. The molecule has 0 spiro atoms. The highest BCUT2D eigenvalue weighted by Crippen LogP contribution is 2.39. The smallest absolute Gasteiger partial charge is 0.411 e. The lowest BCUT2D eigenvalue weighted by Gasteiger charge is -2.20. The van der Waals surface area contributed by atoms with Gasteiger partial charge in [0, 0.05) is 34.7 Å². The van der Waals surface area contributed by atoms with Gasteiger partial charge in [0.15, 0.2) is 0 Å². The van der Waals surface area contributed by atoms with Crippen molar-refractivity contribution in [3.05, 3.63) is 82.9 Å². The van der Waals surface area contributed by atoms with Crippen molar-refractivity contribution in [1.82, 2.24) is 4.90 Å². The summed E-state index contributed by atoms with van der Waals surface area (Å²) in [5.74, 6) is -0.302. The van der Waals surface area contributed by atoms with E-state index < -0.39 is 6.09 Å². The number of amides is 3. The van der Waals surface area contributed by atoms with Gasteiger partial charge >= 0.3 is 6.09 Å². The van der Waals surface area contributed by atoms with Crippen molar-refractivity contribution in [2.45, 2.75) is 0 Å². The van der Waals surface area contributed by atoms with Crippen molar-refractivity contribution >= 4 is 63.5 Å². The summed E-state index contributed by atoms with van der Waals surface area (Å²) in [4.78, 5) is 40.6. The third-order valence-corrected chi connectivity index (χ3v) is 6.17. The third-order valence-electron chi connectivity index (χ3n) is 5.93. The van der Waals surface area contributed by atoms with E-state index in [0.717, 1.165) is 16.9 Å². The van der Waals surface area contributed by atoms with Gasteiger partial charge in [0.05, 0.1) is 30.6 Å². The number of fused-ring (bicyclic) bond motifs is 1. The van der Waals surface area contributed by atoms with E-state index in [1.807, 2.05) is 43.3 Å². The summed E-state index contributed by atoms with van der Waals surface area (Å²) in [6, 6.07) is 19.6. The van der Waals surface area contributed by atoms with Crippen LogP contribution in [0, 0.1) is 0 Å². The summed E-state index contributed by atoms with van der Waals surface area (Å²) >= 11 is 6.15. The van der Waals surface area contributed by atoms with E-state index in [4.69, 9.17) is 11.6 Å². The first-order valence-electron chi connectivity index (χ1n) is 11.8. The Bertz CT molecular complexity index is 1400. The van der Waals surface area contributed by atoms with Gasteiger partial charge in [-0.2, -0.15) is 0 Å². The lowest BCUT2D eigenvalue weighted by atomic mass is 9.99. The van der Waals surface area contributed by atoms with Crippen molar-refractivity contribution in [2.24, 2.45) is 0 Å². The van der Waals surface area contributed by atoms with Crippen molar-refractivity contribution in [3.63, 3.8) is 0 Å². The number of halogens is 1. The van der Waals surface area contributed by atoms with E-state index >= 15 is 0 Å². The molecular weight excluding hydrogens is 506 g/mol. The zero-order chi connectivity index (χ0) is 27.4. The zero-order valence-electron chi connectivity index (χ0n) is 21.5. The molecule has 0 fully saturated rings. The minimum absolute atomic E-state index is 0.0305. The molecule has 10 heteroatoms. The molecule has 0 aliphatic carbocycles. The van der Waals surface area contributed by atoms with Crippen LogP contribution in [0.2, 0.25) is 5.02 Å². The summed E-state index contributed by atoms with van der Waals surface area (Å²) in [5.41, 5.74) is 5.08. The van der Waals surface area contributed by atoms with E-state index in [-0.39, 0.29) is 11.8 Å². The normalized spacial score (nSPS) is 13.5. The molecule has 0 atom stereocenters. The molecule has 196 valence electrons. The average Bonchev–Trinajstić information content (AvgIpc) is 3.21. The molecule has 0 radical (unpaired) electrons. The van der Waals surface area contributed by atoms with Gasteiger partial charge in [0.2, 0.25) is 5.91 Å². The molecule has 1 aliphatic heterocycles. The molecule has 3 aromatic rings. The maximum Gasteiger partial charge on any atom is 0.411 e. The third kappa shape index (κ3) is 5.96. The fraction of sp³-hybridized carbons (Fsp3) is 0.179. The minimum Gasteiger partial charge on any atom is -0.453 e. The lowest BCUT2D eigenvalue weighted by molar-refractivity contribution is -0.119. The molecule has 0 bridgehead atoms. The van der Waals surface area contributed by atoms with Crippen LogP contribution in [-0.4, -0.2) is 57.6 Å². The fourth-order valence-corrected chi connectivity index (χ4v) is 4.17. The Balaban J connectivity index is 1.71. The van der Waals surface area contributed by atoms with Crippen molar-refractivity contribution < 1.29 is 19.1 Å². The lowest BCUT2D eigenvalue weighted by Crippen LogP contribution is -2.34. The number of hydrogen-bond donors (Lipinski definition) is 3. The quantitative estimate of drug-likeness (QED) is 0.370. The van der Waals surface area contributed by atoms with Crippen LogP contribution in [0.15, 0.2) is 66.7 Å². The number of ether oxygens (including phenoxy) is 1. The fourth-order valence-electron chi connectivity index (χ4n) is 3.99. The SMILES string of the molecule is COC(=O)Nc1ccc(C(Nc2ccc(N(C)C(=O)CN(C)C)cc2)=C2C(=O)Nc3cc(Cl)ccc32)cc1. The van der Waals surface area contributed by atoms with Gasteiger partial charge in [-0.15, -0.1) is 0 Å². The molecule has 0 saturated heterocycles. The first-order chi connectivity index (χ1) is 18.2. The Morgan fingerprint density at radius 3 is 2.18 bits per heavy atom. The van der Waals surface area contributed by atoms with E-state index in [1.54, 1.807) is 54.4 Å². The van der Waals surface area contributed by atoms with Gasteiger partial charge in [0.1, 0.15) is 0 Å². The van der Waals surface area contributed by atoms with Gasteiger partial charge in [-0.1, -0.05) is 29.8 Å². The van der Waals surface area contributed by atoms with Gasteiger partial charge in [-0.05, 0) is 68.2 Å². The Labute approximate surface area is 226 Å². The number of anilines is 4. The highest BCUT2D eigenvalue weighted by molar-refractivity contribution is 6.38. The van der Waals surface area contributed by atoms with Crippen LogP contribution in [0.25, 0.3) is 11.3 Å². The summed E-state index contributed by atoms with van der Waals surface area (Å²) in [5, 5.41) is 9.40. The van der Waals surface area contributed by atoms with Crippen LogP contribution in [0.5, 0.6) is 0 Å². The summed E-state index contributed by atoms with van der Waals surface area (Å²) in [7, 11) is 6.71. The van der Waals surface area contributed by atoms with E-state index in [0.29, 0.717) is 39.8 Å². The molecule has 3 amide bonds. The maximum atomic E-state index is 13.1. The molecule has 4 rings (SSSR count). The average molecular weight is 534 g/mol. The summed E-state index contributed by atoms with van der Waals surface area (Å²) in [6.45, 7) is 0.298. The molecular formula is C28H28ClN5O4. The number of carbonyl (C=O) groups is 3. The number of methoxy groups -OCH3 is 1. The van der Waals surface area contributed by atoms with Gasteiger partial charge in [-0.3, -0.25) is 14.9 Å². The second kappa shape index (κ2) is 11.4. The molecule has 0 aromatic heterocycles. The summed E-state index contributed by atoms with van der Waals surface area (Å²) < 4.78 is 4.65.